The quantitative estimate of drug-likeness (QED) is 0.0576. The van der Waals surface area contributed by atoms with E-state index in [2.05, 4.69) is 35.5 Å². The number of hydrogen-bond acceptors (Lipinski definition) is 13. The van der Waals surface area contributed by atoms with Crippen molar-refractivity contribution in [3.05, 3.63) is 203 Å². The number of pyridine rings is 2. The van der Waals surface area contributed by atoms with Gasteiger partial charge in [0.25, 0.3) is 11.1 Å². The Balaban J connectivity index is 0.000000166. The van der Waals surface area contributed by atoms with Crippen molar-refractivity contribution in [2.24, 2.45) is 0 Å². The Hall–Kier alpha value is -8.79. The lowest BCUT2D eigenvalue weighted by Crippen LogP contribution is -2.37. The zero-order valence-corrected chi connectivity index (χ0v) is 39.3. The fraction of sp³-hybridized carbons (Fsp3) is 0.107. The van der Waals surface area contributed by atoms with Gasteiger partial charge in [0.15, 0.2) is 5.16 Å². The average molecular weight is 958 g/mol. The lowest BCUT2D eigenvalue weighted by molar-refractivity contribution is 0.145. The maximum absolute atomic E-state index is 13.1. The third-order valence-electron chi connectivity index (χ3n) is 11.7. The summed E-state index contributed by atoms with van der Waals surface area (Å²) in [6.45, 7) is 1.28. The highest BCUT2D eigenvalue weighted by atomic mass is 32.2. The standard InChI is InChI=1S/C30H27N5O3.C26H20N4O2S/c36-22-15-17-35(18-16-22)30-33-27-25(20-7-3-1-4-8-20)19-31-29(37)26(27)28(34-30)32-21-11-13-24(14-12-21)38-23-9-5-2-6-10-23;1-33-26-29-23-21(17-8-4-2-5-9-17)16-27-25(31)22(23)24(30-26)28-18-12-14-20(15-13-18)32-19-10-6-3-7-11-19/h1-14,19,22,36H,15-18H2,(H,31,37)(H,32,33,34);2-16H,1H3,(H,27,31)(H,28,29,30). The molecule has 4 aromatic heterocycles. The summed E-state index contributed by atoms with van der Waals surface area (Å²) in [4.78, 5) is 52.6. The van der Waals surface area contributed by atoms with E-state index in [0.29, 0.717) is 82.0 Å². The molecule has 6 aromatic carbocycles. The van der Waals surface area contributed by atoms with Crippen molar-refractivity contribution >= 4 is 62.5 Å². The zero-order chi connectivity index (χ0) is 48.5. The number of hydrogen-bond donors (Lipinski definition) is 5. The summed E-state index contributed by atoms with van der Waals surface area (Å²) in [7, 11) is 0. The van der Waals surface area contributed by atoms with Crippen LogP contribution in [0.4, 0.5) is 29.0 Å². The number of para-hydroxylation sites is 2. The van der Waals surface area contributed by atoms with E-state index in [-0.39, 0.29) is 17.2 Å². The van der Waals surface area contributed by atoms with Gasteiger partial charge in [0.2, 0.25) is 5.95 Å². The number of aromatic amines is 2. The number of nitrogens with zero attached hydrogens (tertiary/aromatic N) is 5. The van der Waals surface area contributed by atoms with E-state index < -0.39 is 0 Å². The summed E-state index contributed by atoms with van der Waals surface area (Å²) in [5.74, 6) is 4.35. The van der Waals surface area contributed by atoms with Crippen LogP contribution in [0.3, 0.4) is 0 Å². The topological polar surface area (TPSA) is 183 Å². The van der Waals surface area contributed by atoms with Crippen molar-refractivity contribution in [1.29, 1.82) is 0 Å². The number of benzene rings is 6. The Morgan fingerprint density at radius 3 is 1.39 bits per heavy atom. The van der Waals surface area contributed by atoms with Gasteiger partial charge in [0, 0.05) is 48.0 Å². The molecule has 11 rings (SSSR count). The number of thioether (sulfide) groups is 1. The second kappa shape index (κ2) is 21.2. The molecular weight excluding hydrogens is 911 g/mol. The van der Waals surface area contributed by atoms with Crippen LogP contribution >= 0.6 is 11.8 Å². The van der Waals surface area contributed by atoms with E-state index in [1.165, 1.54) is 11.8 Å². The molecule has 0 unspecified atom stereocenters. The minimum absolute atomic E-state index is 0.246. The highest BCUT2D eigenvalue weighted by molar-refractivity contribution is 7.98. The molecule has 0 radical (unpaired) electrons. The summed E-state index contributed by atoms with van der Waals surface area (Å²) in [5.41, 5.74) is 5.78. The van der Waals surface area contributed by atoms with E-state index in [1.54, 1.807) is 12.4 Å². The zero-order valence-electron chi connectivity index (χ0n) is 38.5. The molecule has 5 N–H and O–H groups in total. The molecule has 1 saturated heterocycles. The van der Waals surface area contributed by atoms with Crippen molar-refractivity contribution in [2.45, 2.75) is 24.1 Å². The number of aliphatic hydroxyl groups is 1. The molecule has 15 heteroatoms. The van der Waals surface area contributed by atoms with Gasteiger partial charge in [-0.15, -0.1) is 0 Å². The molecule has 5 heterocycles. The number of fused-ring (bicyclic) bond motifs is 2. The predicted octanol–water partition coefficient (Wildman–Crippen LogP) is 11.7. The molecule has 0 spiro atoms. The van der Waals surface area contributed by atoms with Crippen molar-refractivity contribution < 1.29 is 14.6 Å². The van der Waals surface area contributed by atoms with Gasteiger partial charge in [0.1, 0.15) is 45.4 Å². The molecule has 0 bridgehead atoms. The fourth-order valence-electron chi connectivity index (χ4n) is 8.16. The van der Waals surface area contributed by atoms with Gasteiger partial charge >= 0.3 is 0 Å². The first-order valence-electron chi connectivity index (χ1n) is 23.0. The van der Waals surface area contributed by atoms with Crippen molar-refractivity contribution in [3.63, 3.8) is 0 Å². The van der Waals surface area contributed by atoms with Crippen LogP contribution in [-0.2, 0) is 0 Å². The Bertz CT molecular complexity index is 3530. The van der Waals surface area contributed by atoms with Crippen molar-refractivity contribution in [2.75, 3.05) is 34.9 Å². The number of piperidine rings is 1. The van der Waals surface area contributed by atoms with Gasteiger partial charge in [-0.05, 0) is 103 Å². The van der Waals surface area contributed by atoms with Crippen LogP contribution in [0.2, 0.25) is 0 Å². The largest absolute Gasteiger partial charge is 0.457 e. The van der Waals surface area contributed by atoms with E-state index >= 15 is 0 Å². The highest BCUT2D eigenvalue weighted by Gasteiger charge is 2.23. The maximum atomic E-state index is 13.1. The normalized spacial score (nSPS) is 12.5. The van der Waals surface area contributed by atoms with Crippen LogP contribution in [0, 0.1) is 0 Å². The van der Waals surface area contributed by atoms with Gasteiger partial charge in [0.05, 0.1) is 17.1 Å². The summed E-state index contributed by atoms with van der Waals surface area (Å²) >= 11 is 1.43. The Morgan fingerprint density at radius 1 is 0.535 bits per heavy atom. The van der Waals surface area contributed by atoms with Crippen LogP contribution in [0.15, 0.2) is 197 Å². The number of anilines is 5. The summed E-state index contributed by atoms with van der Waals surface area (Å²) < 4.78 is 11.8. The summed E-state index contributed by atoms with van der Waals surface area (Å²) in [6, 6.07) is 53.9. The Kier molecular flexibility index (Phi) is 13.8. The minimum Gasteiger partial charge on any atom is -0.457 e. The first-order valence-corrected chi connectivity index (χ1v) is 24.2. The van der Waals surface area contributed by atoms with Gasteiger partial charge in [-0.2, -0.15) is 4.98 Å². The SMILES string of the molecule is CSc1nc(Nc2ccc(Oc3ccccc3)cc2)c2c(=O)[nH]cc(-c3ccccc3)c2n1.O=c1[nH]cc(-c2ccccc2)c2nc(N3CCC(O)CC3)nc(Nc3ccc(Oc4ccccc4)cc3)c12. The van der Waals surface area contributed by atoms with Crippen molar-refractivity contribution in [1.82, 2.24) is 29.9 Å². The van der Waals surface area contributed by atoms with Crippen LogP contribution in [-0.4, -0.2) is 60.5 Å². The summed E-state index contributed by atoms with van der Waals surface area (Å²) in [6.07, 6.45) is 6.30. The smallest absolute Gasteiger partial charge is 0.261 e. The van der Waals surface area contributed by atoms with E-state index in [9.17, 15) is 14.7 Å². The number of nitrogens with one attached hydrogen (secondary N) is 4. The Morgan fingerprint density at radius 2 is 0.944 bits per heavy atom. The second-order valence-electron chi connectivity index (χ2n) is 16.5. The predicted molar refractivity (Wildman–Crippen MR) is 283 cm³/mol. The van der Waals surface area contributed by atoms with Crippen LogP contribution in [0.5, 0.6) is 23.0 Å². The molecule has 0 aliphatic carbocycles. The van der Waals surface area contributed by atoms with Crippen LogP contribution in [0.25, 0.3) is 44.1 Å². The molecule has 0 atom stereocenters. The fourth-order valence-corrected chi connectivity index (χ4v) is 8.52. The molecule has 14 nitrogen and oxygen atoms in total. The first kappa shape index (κ1) is 46.0. The number of H-pyrrole nitrogens is 2. The third kappa shape index (κ3) is 10.8. The number of aliphatic hydroxyl groups excluding tert-OH is 1. The molecule has 352 valence electrons. The first-order chi connectivity index (χ1) is 34.8. The van der Waals surface area contributed by atoms with Gasteiger partial charge in [-0.3, -0.25) is 9.59 Å². The van der Waals surface area contributed by atoms with Crippen LogP contribution in [0.1, 0.15) is 12.8 Å². The Labute approximate surface area is 412 Å². The van der Waals surface area contributed by atoms with Gasteiger partial charge < -0.3 is 40.1 Å². The molecule has 71 heavy (non-hydrogen) atoms. The lowest BCUT2D eigenvalue weighted by atomic mass is 10.0. The van der Waals surface area contributed by atoms with Crippen LogP contribution < -0.4 is 36.1 Å². The molecule has 10 aromatic rings. The molecule has 0 saturated carbocycles. The highest BCUT2D eigenvalue weighted by Crippen LogP contribution is 2.34. The molecular formula is C56H47N9O5S. The number of rotatable bonds is 12. The van der Waals surface area contributed by atoms with E-state index in [4.69, 9.17) is 19.4 Å². The van der Waals surface area contributed by atoms with Crippen molar-refractivity contribution in [3.8, 4) is 45.3 Å². The third-order valence-corrected chi connectivity index (χ3v) is 12.3. The van der Waals surface area contributed by atoms with Gasteiger partial charge in [-0.25, -0.2) is 15.0 Å². The second-order valence-corrected chi connectivity index (χ2v) is 17.3. The van der Waals surface area contributed by atoms with E-state index in [1.807, 2.05) is 176 Å². The summed E-state index contributed by atoms with van der Waals surface area (Å²) in [5, 5.41) is 18.0. The molecule has 1 aliphatic heterocycles. The average Bonchev–Trinajstić information content (AvgIpc) is 3.41. The number of aromatic nitrogens is 6. The lowest BCUT2D eigenvalue weighted by Gasteiger charge is -2.30. The minimum atomic E-state index is -0.316. The molecule has 1 aliphatic rings. The number of ether oxygens (including phenoxy) is 2. The van der Waals surface area contributed by atoms with E-state index in [0.717, 1.165) is 45.1 Å². The van der Waals surface area contributed by atoms with Gasteiger partial charge in [-0.1, -0.05) is 109 Å². The monoisotopic (exact) mass is 957 g/mol. The maximum Gasteiger partial charge on any atom is 0.261 e. The molecule has 1 fully saturated rings. The molecule has 0 amide bonds.